The van der Waals surface area contributed by atoms with Gasteiger partial charge in [-0.2, -0.15) is 0 Å². The zero-order valence-corrected chi connectivity index (χ0v) is 12.0. The number of aliphatic hydroxyl groups is 1. The molecule has 0 radical (unpaired) electrons. The van der Waals surface area contributed by atoms with Crippen molar-refractivity contribution in [1.82, 2.24) is 0 Å². The summed E-state index contributed by atoms with van der Waals surface area (Å²) in [5.41, 5.74) is 0. The van der Waals surface area contributed by atoms with Gasteiger partial charge < -0.3 is 31.8 Å². The summed E-state index contributed by atoms with van der Waals surface area (Å²) < 4.78 is 5.55. The summed E-state index contributed by atoms with van der Waals surface area (Å²) >= 11 is 0. The van der Waals surface area contributed by atoms with Crippen LogP contribution in [0.5, 0.6) is 0 Å². The number of likely N-dealkylation sites (N-methyl/N-ethyl adjacent to an activating group) is 1. The van der Waals surface area contributed by atoms with Gasteiger partial charge in [-0.3, -0.25) is 9.59 Å². The van der Waals surface area contributed by atoms with Gasteiger partial charge >= 0.3 is 11.9 Å². The third-order valence-corrected chi connectivity index (χ3v) is 1.91. The molecule has 0 aromatic carbocycles. The van der Waals surface area contributed by atoms with E-state index in [0.29, 0.717) is 11.0 Å². The average molecular weight is 284 g/mol. The molecule has 2 atom stereocenters. The molecule has 0 saturated carbocycles. The van der Waals surface area contributed by atoms with Crippen molar-refractivity contribution < 1.29 is 41.4 Å². The van der Waals surface area contributed by atoms with Crippen LogP contribution in [0.4, 0.5) is 0 Å². The summed E-state index contributed by atoms with van der Waals surface area (Å²) in [5.74, 6) is -1.58. The second-order valence-corrected chi connectivity index (χ2v) is 5.24. The standard InChI is InChI=1S/C11H21NO5.ClH/c1-8(13)5-11(16)17-9(6-10(14)15)7-12(2,3)4;/h8-9,13H,5-7H2,1-4H3;1H/t8?,9-;/m1./s1. The summed E-state index contributed by atoms with van der Waals surface area (Å²) in [6.07, 6.45) is -1.79. The van der Waals surface area contributed by atoms with Crippen LogP contribution in [-0.4, -0.2) is 66.5 Å². The predicted octanol–water partition coefficient (Wildman–Crippen LogP) is -3.15. The highest BCUT2D eigenvalue weighted by molar-refractivity contribution is 5.71. The Morgan fingerprint density at radius 2 is 1.72 bits per heavy atom. The number of hydrogen-bond acceptors (Lipinski definition) is 4. The number of rotatable bonds is 7. The molecule has 0 saturated heterocycles. The second-order valence-electron chi connectivity index (χ2n) is 5.24. The number of quaternary nitrogens is 1. The molecule has 0 rings (SSSR count). The van der Waals surface area contributed by atoms with Gasteiger partial charge in [0.05, 0.1) is 40.1 Å². The number of carboxylic acid groups (broad SMARTS) is 1. The van der Waals surface area contributed by atoms with E-state index in [2.05, 4.69) is 0 Å². The van der Waals surface area contributed by atoms with Crippen molar-refractivity contribution in [2.45, 2.75) is 32.0 Å². The zero-order chi connectivity index (χ0) is 13.6. The van der Waals surface area contributed by atoms with Crippen molar-refractivity contribution in [2.24, 2.45) is 0 Å². The van der Waals surface area contributed by atoms with Crippen LogP contribution in [0.1, 0.15) is 19.8 Å². The highest BCUT2D eigenvalue weighted by Gasteiger charge is 2.25. The Labute approximate surface area is 114 Å². The Bertz CT molecular complexity index is 275. The summed E-state index contributed by atoms with van der Waals surface area (Å²) in [4.78, 5) is 22.0. The van der Waals surface area contributed by atoms with Gasteiger partial charge in [0, 0.05) is 0 Å². The summed E-state index contributed by atoms with van der Waals surface area (Å²) in [5, 5.41) is 17.8. The lowest BCUT2D eigenvalue weighted by atomic mass is 10.2. The maximum absolute atomic E-state index is 11.3. The molecule has 1 unspecified atom stereocenters. The van der Waals surface area contributed by atoms with Crippen LogP contribution in [0.2, 0.25) is 0 Å². The smallest absolute Gasteiger partial charge is 0.308 e. The first-order chi connectivity index (χ1) is 7.60. The molecule has 0 heterocycles. The molecule has 0 amide bonds. The van der Waals surface area contributed by atoms with Gasteiger partial charge in [-0.1, -0.05) is 0 Å². The molecule has 18 heavy (non-hydrogen) atoms. The summed E-state index contributed by atoms with van der Waals surface area (Å²) in [6.45, 7) is 1.89. The molecule has 0 fully saturated rings. The van der Waals surface area contributed by atoms with Gasteiger partial charge in [0.15, 0.2) is 6.10 Å². The number of carbonyl (C=O) groups is 2. The number of hydrogen-bond donors (Lipinski definition) is 2. The first-order valence-electron chi connectivity index (χ1n) is 5.50. The highest BCUT2D eigenvalue weighted by atomic mass is 35.5. The van der Waals surface area contributed by atoms with E-state index in [-0.39, 0.29) is 25.2 Å². The molecule has 0 spiro atoms. The van der Waals surface area contributed by atoms with E-state index >= 15 is 0 Å². The number of halogens is 1. The number of ether oxygens (including phenoxy) is 1. The average Bonchev–Trinajstić information content (AvgIpc) is 1.95. The van der Waals surface area contributed by atoms with E-state index in [9.17, 15) is 9.59 Å². The van der Waals surface area contributed by atoms with Crippen LogP contribution in [0.15, 0.2) is 0 Å². The SMILES string of the molecule is CC(O)CC(=O)O[C@H](CC(=O)O)C[N+](C)(C)C.[Cl-]. The Morgan fingerprint density at radius 3 is 2.06 bits per heavy atom. The van der Waals surface area contributed by atoms with E-state index < -0.39 is 24.1 Å². The number of nitrogens with zero attached hydrogens (tertiary/aromatic N) is 1. The maximum Gasteiger partial charge on any atom is 0.308 e. The van der Waals surface area contributed by atoms with Crippen LogP contribution in [0.25, 0.3) is 0 Å². The van der Waals surface area contributed by atoms with Gasteiger partial charge in [-0.15, -0.1) is 0 Å². The number of aliphatic hydroxyl groups excluding tert-OH is 1. The molecule has 108 valence electrons. The maximum atomic E-state index is 11.3. The molecule has 0 bridgehead atoms. The van der Waals surface area contributed by atoms with Crippen LogP contribution in [-0.2, 0) is 14.3 Å². The molecule has 0 aromatic rings. The van der Waals surface area contributed by atoms with E-state index in [1.54, 1.807) is 0 Å². The largest absolute Gasteiger partial charge is 1.00 e. The van der Waals surface area contributed by atoms with E-state index in [4.69, 9.17) is 14.9 Å². The molecule has 0 aromatic heterocycles. The minimum atomic E-state index is -1.01. The topological polar surface area (TPSA) is 83.8 Å². The van der Waals surface area contributed by atoms with Crippen molar-refractivity contribution in [1.29, 1.82) is 0 Å². The number of carbonyl (C=O) groups excluding carboxylic acids is 1. The first kappa shape index (κ1) is 19.5. The van der Waals surface area contributed by atoms with Crippen molar-refractivity contribution in [3.63, 3.8) is 0 Å². The van der Waals surface area contributed by atoms with Crippen LogP contribution < -0.4 is 12.4 Å². The van der Waals surface area contributed by atoms with Gasteiger partial charge in [0.25, 0.3) is 0 Å². The Kier molecular flexibility index (Phi) is 8.97. The minimum Gasteiger partial charge on any atom is -1.00 e. The Morgan fingerprint density at radius 1 is 1.22 bits per heavy atom. The number of aliphatic carboxylic acids is 1. The van der Waals surface area contributed by atoms with Crippen LogP contribution in [0, 0.1) is 0 Å². The summed E-state index contributed by atoms with van der Waals surface area (Å²) in [7, 11) is 5.66. The molecular formula is C11H22ClNO5. The fourth-order valence-electron chi connectivity index (χ4n) is 1.42. The number of carboxylic acids is 1. The molecule has 0 aliphatic heterocycles. The molecule has 0 aliphatic rings. The lowest BCUT2D eigenvalue weighted by Crippen LogP contribution is -3.00. The first-order valence-corrected chi connectivity index (χ1v) is 5.50. The second kappa shape index (κ2) is 8.29. The fourth-order valence-corrected chi connectivity index (χ4v) is 1.42. The Hall–Kier alpha value is -0.850. The fraction of sp³-hybridized carbons (Fsp3) is 0.818. The van der Waals surface area contributed by atoms with E-state index in [1.807, 2.05) is 21.1 Å². The minimum absolute atomic E-state index is 0. The molecule has 2 N–H and O–H groups in total. The van der Waals surface area contributed by atoms with Gasteiger partial charge in [-0.25, -0.2) is 0 Å². The molecule has 0 aliphatic carbocycles. The number of esters is 1. The zero-order valence-electron chi connectivity index (χ0n) is 11.2. The third kappa shape index (κ3) is 11.6. The van der Waals surface area contributed by atoms with Crippen molar-refractivity contribution in [3.05, 3.63) is 0 Å². The lowest BCUT2D eigenvalue weighted by molar-refractivity contribution is -0.873. The van der Waals surface area contributed by atoms with Crippen LogP contribution >= 0.6 is 0 Å². The lowest BCUT2D eigenvalue weighted by Gasteiger charge is -2.28. The quantitative estimate of drug-likeness (QED) is 0.381. The van der Waals surface area contributed by atoms with E-state index in [0.717, 1.165) is 0 Å². The van der Waals surface area contributed by atoms with Gasteiger partial charge in [-0.05, 0) is 6.92 Å². The van der Waals surface area contributed by atoms with E-state index in [1.165, 1.54) is 6.92 Å². The third-order valence-electron chi connectivity index (χ3n) is 1.91. The van der Waals surface area contributed by atoms with Gasteiger partial charge in [0.2, 0.25) is 0 Å². The van der Waals surface area contributed by atoms with Crippen molar-refractivity contribution in [2.75, 3.05) is 27.7 Å². The Balaban J connectivity index is 0. The van der Waals surface area contributed by atoms with Crippen molar-refractivity contribution in [3.8, 4) is 0 Å². The van der Waals surface area contributed by atoms with Crippen molar-refractivity contribution >= 4 is 11.9 Å². The highest BCUT2D eigenvalue weighted by Crippen LogP contribution is 2.07. The predicted molar refractivity (Wildman–Crippen MR) is 61.3 cm³/mol. The molecule has 7 heteroatoms. The summed E-state index contributed by atoms with van der Waals surface area (Å²) in [6, 6.07) is 0. The molecule has 6 nitrogen and oxygen atoms in total. The van der Waals surface area contributed by atoms with Crippen LogP contribution in [0.3, 0.4) is 0 Å². The normalized spacial score (nSPS) is 14.3. The van der Waals surface area contributed by atoms with Gasteiger partial charge in [0.1, 0.15) is 6.54 Å². The molecular weight excluding hydrogens is 262 g/mol. The monoisotopic (exact) mass is 283 g/mol.